The van der Waals surface area contributed by atoms with Crippen LogP contribution in [0.4, 0.5) is 0 Å². The first kappa shape index (κ1) is 14.3. The fourth-order valence-corrected chi connectivity index (χ4v) is 1.97. The number of aliphatic hydroxyl groups is 1. The van der Waals surface area contributed by atoms with Gasteiger partial charge in [0.1, 0.15) is 0 Å². The zero-order valence-electron chi connectivity index (χ0n) is 11.5. The van der Waals surface area contributed by atoms with Gasteiger partial charge in [-0.1, -0.05) is 60.2 Å². The van der Waals surface area contributed by atoms with Crippen LogP contribution >= 0.6 is 0 Å². The molecule has 1 atom stereocenters. The highest BCUT2D eigenvalue weighted by Crippen LogP contribution is 2.11. The minimum absolute atomic E-state index is 0.358. The second-order valence-corrected chi connectivity index (χ2v) is 4.84. The average Bonchev–Trinajstić information content (AvgIpc) is 2.49. The third-order valence-corrected chi connectivity index (χ3v) is 3.20. The lowest BCUT2D eigenvalue weighted by molar-refractivity contribution is -0.129. The molecule has 2 aromatic carbocycles. The van der Waals surface area contributed by atoms with E-state index in [0.29, 0.717) is 12.1 Å². The number of rotatable bonds is 5. The molecule has 0 aliphatic rings. The van der Waals surface area contributed by atoms with Crippen molar-refractivity contribution < 1.29 is 9.90 Å². The number of amides is 1. The maximum Gasteiger partial charge on any atom is 0.253 e. The van der Waals surface area contributed by atoms with Crippen molar-refractivity contribution in [2.45, 2.75) is 19.4 Å². The van der Waals surface area contributed by atoms with Gasteiger partial charge in [-0.15, -0.1) is 0 Å². The van der Waals surface area contributed by atoms with Crippen molar-refractivity contribution in [1.82, 2.24) is 5.32 Å². The van der Waals surface area contributed by atoms with Crippen molar-refractivity contribution in [2.24, 2.45) is 0 Å². The molecule has 3 nitrogen and oxygen atoms in total. The number of aliphatic hydroxyl groups excluding tert-OH is 1. The van der Waals surface area contributed by atoms with Crippen molar-refractivity contribution in [1.29, 1.82) is 0 Å². The molecule has 0 bridgehead atoms. The molecule has 0 saturated heterocycles. The standard InChI is InChI=1S/C17H19NO2/c1-13-7-9-14(10-8-13)11-12-18-17(20)16(19)15-5-3-2-4-6-15/h2-10,16,19H,11-12H2,1H3,(H,18,20). The largest absolute Gasteiger partial charge is 0.378 e. The first-order valence-electron chi connectivity index (χ1n) is 6.73. The van der Waals surface area contributed by atoms with E-state index in [1.165, 1.54) is 11.1 Å². The zero-order chi connectivity index (χ0) is 14.4. The molecule has 2 rings (SSSR count). The van der Waals surface area contributed by atoms with E-state index < -0.39 is 6.10 Å². The second kappa shape index (κ2) is 6.87. The highest BCUT2D eigenvalue weighted by molar-refractivity contribution is 5.81. The Hall–Kier alpha value is -2.13. The van der Waals surface area contributed by atoms with E-state index in [-0.39, 0.29) is 5.91 Å². The van der Waals surface area contributed by atoms with Crippen LogP contribution in [0.15, 0.2) is 54.6 Å². The van der Waals surface area contributed by atoms with E-state index in [2.05, 4.69) is 29.6 Å². The maximum atomic E-state index is 11.8. The predicted molar refractivity (Wildman–Crippen MR) is 79.3 cm³/mol. The van der Waals surface area contributed by atoms with Crippen LogP contribution < -0.4 is 5.32 Å². The average molecular weight is 269 g/mol. The summed E-state index contributed by atoms with van der Waals surface area (Å²) in [6, 6.07) is 17.1. The molecule has 0 saturated carbocycles. The van der Waals surface area contributed by atoms with Crippen LogP contribution in [-0.2, 0) is 11.2 Å². The highest BCUT2D eigenvalue weighted by atomic mass is 16.3. The first-order chi connectivity index (χ1) is 9.66. The molecule has 0 radical (unpaired) electrons. The molecule has 1 amide bonds. The quantitative estimate of drug-likeness (QED) is 0.875. The van der Waals surface area contributed by atoms with Gasteiger partial charge in [0.15, 0.2) is 6.10 Å². The summed E-state index contributed by atoms with van der Waals surface area (Å²) >= 11 is 0. The van der Waals surface area contributed by atoms with Gasteiger partial charge in [0.2, 0.25) is 0 Å². The molecule has 3 heteroatoms. The van der Waals surface area contributed by atoms with E-state index >= 15 is 0 Å². The van der Waals surface area contributed by atoms with Crippen LogP contribution in [0.1, 0.15) is 22.8 Å². The van der Waals surface area contributed by atoms with E-state index in [9.17, 15) is 9.90 Å². The smallest absolute Gasteiger partial charge is 0.253 e. The fraction of sp³-hybridized carbons (Fsp3) is 0.235. The van der Waals surface area contributed by atoms with Gasteiger partial charge < -0.3 is 10.4 Å². The Kier molecular flexibility index (Phi) is 4.91. The van der Waals surface area contributed by atoms with Crippen LogP contribution in [-0.4, -0.2) is 17.6 Å². The molecule has 20 heavy (non-hydrogen) atoms. The topological polar surface area (TPSA) is 49.3 Å². The third-order valence-electron chi connectivity index (χ3n) is 3.20. The lowest BCUT2D eigenvalue weighted by Gasteiger charge is -2.11. The minimum atomic E-state index is -1.10. The van der Waals surface area contributed by atoms with Crippen molar-refractivity contribution in [3.63, 3.8) is 0 Å². The third kappa shape index (κ3) is 3.93. The number of benzene rings is 2. The number of hydrogen-bond acceptors (Lipinski definition) is 2. The summed E-state index contributed by atoms with van der Waals surface area (Å²) in [6.45, 7) is 2.56. The number of aryl methyl sites for hydroxylation is 1. The molecular weight excluding hydrogens is 250 g/mol. The zero-order valence-corrected chi connectivity index (χ0v) is 11.5. The van der Waals surface area contributed by atoms with Gasteiger partial charge >= 0.3 is 0 Å². The molecule has 1 unspecified atom stereocenters. The number of nitrogens with one attached hydrogen (secondary N) is 1. The molecule has 2 aromatic rings. The molecule has 0 aromatic heterocycles. The maximum absolute atomic E-state index is 11.8. The summed E-state index contributed by atoms with van der Waals surface area (Å²) in [6.07, 6.45) is -0.345. The van der Waals surface area contributed by atoms with Gasteiger partial charge in [0.25, 0.3) is 5.91 Å². The van der Waals surface area contributed by atoms with E-state index in [1.807, 2.05) is 13.0 Å². The van der Waals surface area contributed by atoms with Crippen molar-refractivity contribution >= 4 is 5.91 Å². The van der Waals surface area contributed by atoms with Gasteiger partial charge in [-0.3, -0.25) is 4.79 Å². The SMILES string of the molecule is Cc1ccc(CCNC(=O)C(O)c2ccccc2)cc1. The summed E-state index contributed by atoms with van der Waals surface area (Å²) in [5.41, 5.74) is 3.00. The molecule has 0 aliphatic carbocycles. The number of carbonyl (C=O) groups excluding carboxylic acids is 1. The Labute approximate surface area is 119 Å². The van der Waals surface area contributed by atoms with Gasteiger partial charge in [-0.2, -0.15) is 0 Å². The van der Waals surface area contributed by atoms with Gasteiger partial charge in [-0.25, -0.2) is 0 Å². The summed E-state index contributed by atoms with van der Waals surface area (Å²) in [5.74, 6) is -0.358. The van der Waals surface area contributed by atoms with Gasteiger partial charge in [0, 0.05) is 6.54 Å². The molecule has 0 fully saturated rings. The lowest BCUT2D eigenvalue weighted by Crippen LogP contribution is -2.30. The second-order valence-electron chi connectivity index (χ2n) is 4.84. The molecule has 104 valence electrons. The van der Waals surface area contributed by atoms with Crippen LogP contribution in [0.25, 0.3) is 0 Å². The number of hydrogen-bond donors (Lipinski definition) is 2. The van der Waals surface area contributed by atoms with Crippen LogP contribution in [0.2, 0.25) is 0 Å². The highest BCUT2D eigenvalue weighted by Gasteiger charge is 2.15. The Bertz CT molecular complexity index is 549. The molecule has 2 N–H and O–H groups in total. The predicted octanol–water partition coefficient (Wildman–Crippen LogP) is 2.39. The number of carbonyl (C=O) groups is 1. The summed E-state index contributed by atoms with van der Waals surface area (Å²) < 4.78 is 0. The Morgan fingerprint density at radius 3 is 2.40 bits per heavy atom. The first-order valence-corrected chi connectivity index (χ1v) is 6.73. The summed E-state index contributed by atoms with van der Waals surface area (Å²) in [5, 5.41) is 12.7. The summed E-state index contributed by atoms with van der Waals surface area (Å²) in [7, 11) is 0. The van der Waals surface area contributed by atoms with Gasteiger partial charge in [-0.05, 0) is 24.5 Å². The van der Waals surface area contributed by atoms with Crippen LogP contribution in [0, 0.1) is 6.92 Å². The summed E-state index contributed by atoms with van der Waals surface area (Å²) in [4.78, 5) is 11.8. The molecule has 0 aliphatic heterocycles. The van der Waals surface area contributed by atoms with Crippen LogP contribution in [0.3, 0.4) is 0 Å². The van der Waals surface area contributed by atoms with E-state index in [0.717, 1.165) is 6.42 Å². The van der Waals surface area contributed by atoms with Crippen molar-refractivity contribution in [3.05, 3.63) is 71.3 Å². The van der Waals surface area contributed by atoms with Crippen molar-refractivity contribution in [2.75, 3.05) is 6.54 Å². The Morgan fingerprint density at radius 2 is 1.75 bits per heavy atom. The normalized spacial score (nSPS) is 11.9. The Balaban J connectivity index is 1.82. The van der Waals surface area contributed by atoms with E-state index in [4.69, 9.17) is 0 Å². The molecule has 0 heterocycles. The Morgan fingerprint density at radius 1 is 1.10 bits per heavy atom. The van der Waals surface area contributed by atoms with Gasteiger partial charge in [0.05, 0.1) is 0 Å². The van der Waals surface area contributed by atoms with E-state index in [1.54, 1.807) is 24.3 Å². The lowest BCUT2D eigenvalue weighted by atomic mass is 10.1. The molecule has 0 spiro atoms. The monoisotopic (exact) mass is 269 g/mol. The van der Waals surface area contributed by atoms with Crippen LogP contribution in [0.5, 0.6) is 0 Å². The minimum Gasteiger partial charge on any atom is -0.378 e. The fourth-order valence-electron chi connectivity index (χ4n) is 1.97. The van der Waals surface area contributed by atoms with Crippen molar-refractivity contribution in [3.8, 4) is 0 Å². The molecular formula is C17H19NO2.